The zero-order chi connectivity index (χ0) is 11.0. The number of fused-ring (bicyclic) bond motifs is 1. The lowest BCUT2D eigenvalue weighted by molar-refractivity contribution is 0.999. The molecule has 2 aromatic rings. The molecular formula is C8H9N5O2. The van der Waals surface area contributed by atoms with E-state index in [1.165, 1.54) is 0 Å². The van der Waals surface area contributed by atoms with E-state index in [0.717, 1.165) is 6.20 Å². The summed E-state index contributed by atoms with van der Waals surface area (Å²) >= 11 is 0. The van der Waals surface area contributed by atoms with Crippen LogP contribution in [0.15, 0.2) is 15.8 Å². The van der Waals surface area contributed by atoms with E-state index in [4.69, 9.17) is 0 Å². The van der Waals surface area contributed by atoms with Crippen molar-refractivity contribution in [1.82, 2.24) is 19.9 Å². The highest BCUT2D eigenvalue weighted by Crippen LogP contribution is 2.13. The topological polar surface area (TPSA) is 94.7 Å². The van der Waals surface area contributed by atoms with Crippen molar-refractivity contribution in [3.05, 3.63) is 27.0 Å². The van der Waals surface area contributed by atoms with Crippen LogP contribution >= 0.6 is 0 Å². The van der Waals surface area contributed by atoms with Gasteiger partial charge < -0.3 is 9.88 Å². The average molecular weight is 207 g/mol. The summed E-state index contributed by atoms with van der Waals surface area (Å²) in [5.74, 6) is 0.421. The van der Waals surface area contributed by atoms with Crippen molar-refractivity contribution in [2.24, 2.45) is 0 Å². The smallest absolute Gasteiger partial charge is 0.348 e. The molecule has 0 saturated heterocycles. The highest BCUT2D eigenvalue weighted by Gasteiger charge is 2.08. The van der Waals surface area contributed by atoms with Crippen LogP contribution < -0.4 is 16.1 Å². The Bertz CT molecular complexity index is 607. The number of H-pyrrole nitrogens is 2. The van der Waals surface area contributed by atoms with E-state index >= 15 is 0 Å². The summed E-state index contributed by atoms with van der Waals surface area (Å²) < 4.78 is 0. The first-order valence-electron chi connectivity index (χ1n) is 4.24. The normalized spacial score (nSPS) is 10.5. The molecule has 78 valence electrons. The molecular weight excluding hydrogens is 198 g/mol. The Hall–Kier alpha value is -2.18. The molecule has 0 atom stereocenters. The molecule has 0 amide bonds. The maximum atomic E-state index is 11.2. The van der Waals surface area contributed by atoms with Gasteiger partial charge in [-0.2, -0.15) is 4.98 Å². The first-order chi connectivity index (χ1) is 7.08. The minimum Gasteiger partial charge on any atom is -0.361 e. The molecule has 7 heteroatoms. The fraction of sp³-hybridized carbons (Fsp3) is 0.250. The van der Waals surface area contributed by atoms with Crippen LogP contribution in [0.1, 0.15) is 0 Å². The minimum atomic E-state index is -0.519. The van der Waals surface area contributed by atoms with E-state index < -0.39 is 5.69 Å². The first kappa shape index (κ1) is 9.38. The molecule has 7 nitrogen and oxygen atoms in total. The molecule has 2 rings (SSSR count). The third-order valence-electron chi connectivity index (χ3n) is 1.87. The van der Waals surface area contributed by atoms with Crippen LogP contribution in [-0.2, 0) is 0 Å². The van der Waals surface area contributed by atoms with Gasteiger partial charge >= 0.3 is 5.69 Å². The summed E-state index contributed by atoms with van der Waals surface area (Å²) in [7, 11) is 3.49. The molecule has 15 heavy (non-hydrogen) atoms. The summed E-state index contributed by atoms with van der Waals surface area (Å²) in [6.07, 6.45) is 1.15. The molecule has 0 aromatic carbocycles. The highest BCUT2D eigenvalue weighted by atomic mass is 16.1. The quantitative estimate of drug-likeness (QED) is 0.630. The molecule has 0 unspecified atom stereocenters. The Morgan fingerprint density at radius 1 is 1.27 bits per heavy atom. The second-order valence-electron chi connectivity index (χ2n) is 3.23. The number of hydrogen-bond acceptors (Lipinski definition) is 5. The standard InChI is InChI=1S/C8H9N5O2/c1-13(2)7-5-6(11-8(15)12-7)10-4(14)3-9-5/h3H,1-2H3,(H2,10,11,12,14,15). The predicted octanol–water partition coefficient (Wildman–Crippen LogP) is -0.928. The lowest BCUT2D eigenvalue weighted by Crippen LogP contribution is -2.21. The van der Waals surface area contributed by atoms with E-state index in [1.54, 1.807) is 19.0 Å². The van der Waals surface area contributed by atoms with Crippen LogP contribution in [0, 0.1) is 0 Å². The number of aromatic amines is 2. The zero-order valence-corrected chi connectivity index (χ0v) is 8.24. The van der Waals surface area contributed by atoms with E-state index in [1.807, 2.05) is 0 Å². The maximum absolute atomic E-state index is 11.2. The van der Waals surface area contributed by atoms with Gasteiger partial charge in [0.05, 0.1) is 6.20 Å². The molecule has 2 heterocycles. The number of anilines is 1. The molecule has 0 saturated carbocycles. The van der Waals surface area contributed by atoms with E-state index in [-0.39, 0.29) is 11.2 Å². The Morgan fingerprint density at radius 3 is 2.67 bits per heavy atom. The van der Waals surface area contributed by atoms with Gasteiger partial charge in [-0.05, 0) is 0 Å². The minimum absolute atomic E-state index is 0.284. The summed E-state index contributed by atoms with van der Waals surface area (Å²) in [6.45, 7) is 0. The van der Waals surface area contributed by atoms with Gasteiger partial charge in [-0.15, -0.1) is 0 Å². The summed E-state index contributed by atoms with van der Waals surface area (Å²) in [6, 6.07) is 0. The zero-order valence-electron chi connectivity index (χ0n) is 8.24. The molecule has 0 aliphatic carbocycles. The van der Waals surface area contributed by atoms with Gasteiger partial charge in [0.1, 0.15) is 11.2 Å². The van der Waals surface area contributed by atoms with Crippen molar-refractivity contribution in [3.8, 4) is 0 Å². The van der Waals surface area contributed by atoms with Crippen LogP contribution in [0.4, 0.5) is 5.82 Å². The van der Waals surface area contributed by atoms with Crippen molar-refractivity contribution in [3.63, 3.8) is 0 Å². The number of hydrogen-bond donors (Lipinski definition) is 2. The van der Waals surface area contributed by atoms with Crippen molar-refractivity contribution in [2.45, 2.75) is 0 Å². The molecule has 0 aliphatic heterocycles. The highest BCUT2D eigenvalue weighted by molar-refractivity contribution is 5.81. The number of nitrogens with zero attached hydrogens (tertiary/aromatic N) is 3. The van der Waals surface area contributed by atoms with Gasteiger partial charge in [0.25, 0.3) is 5.56 Å². The van der Waals surface area contributed by atoms with E-state index in [9.17, 15) is 9.59 Å². The monoisotopic (exact) mass is 207 g/mol. The van der Waals surface area contributed by atoms with Crippen molar-refractivity contribution >= 4 is 17.0 Å². The molecule has 0 bridgehead atoms. The lowest BCUT2D eigenvalue weighted by Gasteiger charge is -2.11. The van der Waals surface area contributed by atoms with Crippen molar-refractivity contribution in [1.29, 1.82) is 0 Å². The second kappa shape index (κ2) is 3.19. The van der Waals surface area contributed by atoms with E-state index in [0.29, 0.717) is 11.3 Å². The SMILES string of the molecule is CN(C)c1nc(=O)[nH]c2[nH]c(=O)cnc12. The fourth-order valence-corrected chi connectivity index (χ4v) is 1.26. The largest absolute Gasteiger partial charge is 0.361 e. The first-order valence-corrected chi connectivity index (χ1v) is 4.24. The van der Waals surface area contributed by atoms with Crippen LogP contribution in [-0.4, -0.2) is 34.0 Å². The molecule has 2 N–H and O–H groups in total. The lowest BCUT2D eigenvalue weighted by atomic mass is 10.4. The predicted molar refractivity (Wildman–Crippen MR) is 55.1 cm³/mol. The van der Waals surface area contributed by atoms with Gasteiger partial charge in [-0.25, -0.2) is 9.78 Å². The van der Waals surface area contributed by atoms with Crippen LogP contribution in [0.5, 0.6) is 0 Å². The molecule has 0 aliphatic rings. The molecule has 0 spiro atoms. The van der Waals surface area contributed by atoms with Gasteiger partial charge in [0, 0.05) is 14.1 Å². The van der Waals surface area contributed by atoms with Gasteiger partial charge in [0.15, 0.2) is 5.82 Å². The molecule has 0 radical (unpaired) electrons. The number of aromatic nitrogens is 4. The molecule has 0 fully saturated rings. The van der Waals surface area contributed by atoms with E-state index in [2.05, 4.69) is 19.9 Å². The Kier molecular flexibility index (Phi) is 2.00. The summed E-state index contributed by atoms with van der Waals surface area (Å²) in [5.41, 5.74) is -0.144. The number of nitrogens with one attached hydrogen (secondary N) is 2. The van der Waals surface area contributed by atoms with Gasteiger partial charge in [-0.3, -0.25) is 9.78 Å². The second-order valence-corrected chi connectivity index (χ2v) is 3.23. The average Bonchev–Trinajstić information content (AvgIpc) is 2.15. The Labute approximate surface area is 83.8 Å². The van der Waals surface area contributed by atoms with Crippen LogP contribution in [0.2, 0.25) is 0 Å². The summed E-state index contributed by atoms with van der Waals surface area (Å²) in [5, 5.41) is 0. The third kappa shape index (κ3) is 1.58. The maximum Gasteiger partial charge on any atom is 0.348 e. The van der Waals surface area contributed by atoms with Crippen LogP contribution in [0.25, 0.3) is 11.2 Å². The molecule has 2 aromatic heterocycles. The summed E-state index contributed by atoms with van der Waals surface area (Å²) in [4.78, 5) is 36.4. The van der Waals surface area contributed by atoms with Crippen molar-refractivity contribution in [2.75, 3.05) is 19.0 Å². The third-order valence-corrected chi connectivity index (χ3v) is 1.87. The fourth-order valence-electron chi connectivity index (χ4n) is 1.26. The Balaban J connectivity index is 2.92. The van der Waals surface area contributed by atoms with Crippen LogP contribution in [0.3, 0.4) is 0 Å². The Morgan fingerprint density at radius 2 is 2.00 bits per heavy atom. The van der Waals surface area contributed by atoms with Crippen molar-refractivity contribution < 1.29 is 0 Å². The van der Waals surface area contributed by atoms with Gasteiger partial charge in [-0.1, -0.05) is 0 Å². The van der Waals surface area contributed by atoms with Gasteiger partial charge in [0.2, 0.25) is 0 Å². The number of rotatable bonds is 1.